The third-order valence-corrected chi connectivity index (χ3v) is 3.11. The van der Waals surface area contributed by atoms with Gasteiger partial charge in [0.15, 0.2) is 0 Å². The van der Waals surface area contributed by atoms with E-state index in [2.05, 4.69) is 4.74 Å². The zero-order valence-electron chi connectivity index (χ0n) is 10.9. The molecule has 21 heavy (non-hydrogen) atoms. The average molecular weight is 302 g/mol. The number of nitrogens with zero attached hydrogens (tertiary/aromatic N) is 1. The maximum absolute atomic E-state index is 12.3. The number of rotatable bonds is 2. The van der Waals surface area contributed by atoms with Crippen LogP contribution in [0.3, 0.4) is 0 Å². The number of amides is 1. The second-order valence-corrected chi connectivity index (χ2v) is 4.67. The number of hydrogen-bond donors (Lipinski definition) is 1. The lowest BCUT2D eigenvalue weighted by atomic mass is 10.0. The predicted molar refractivity (Wildman–Crippen MR) is 67.1 cm³/mol. The molecule has 1 amide bonds. The van der Waals surface area contributed by atoms with Crippen LogP contribution in [-0.4, -0.2) is 30.3 Å². The Bertz CT molecular complexity index is 547. The van der Waals surface area contributed by atoms with Crippen LogP contribution in [0, 0.1) is 0 Å². The summed E-state index contributed by atoms with van der Waals surface area (Å²) in [6, 6.07) is 8.33. The van der Waals surface area contributed by atoms with Crippen LogP contribution in [0.5, 0.6) is 0 Å². The topological polar surface area (TPSA) is 72.6 Å². The van der Waals surface area contributed by atoms with E-state index >= 15 is 0 Å². The lowest BCUT2D eigenvalue weighted by molar-refractivity contribution is -0.215. The van der Waals surface area contributed by atoms with Gasteiger partial charge in [-0.05, 0) is 18.6 Å². The average Bonchev–Trinajstić information content (AvgIpc) is 2.42. The number of esters is 1. The van der Waals surface area contributed by atoms with E-state index in [-0.39, 0.29) is 6.42 Å². The summed E-state index contributed by atoms with van der Waals surface area (Å²) in [5.74, 6) is -3.33. The molecule has 8 heteroatoms. The summed E-state index contributed by atoms with van der Waals surface area (Å²) in [4.78, 5) is 24.4. The van der Waals surface area contributed by atoms with Crippen molar-refractivity contribution in [2.45, 2.75) is 24.7 Å². The zero-order valence-corrected chi connectivity index (χ0v) is 10.9. The highest BCUT2D eigenvalue weighted by Crippen LogP contribution is 2.29. The highest BCUT2D eigenvalue weighted by molar-refractivity contribution is 6.01. The van der Waals surface area contributed by atoms with Crippen LogP contribution in [0.25, 0.3) is 0 Å². The number of para-hydroxylation sites is 1. The minimum absolute atomic E-state index is 0.156. The number of benzene rings is 1. The van der Waals surface area contributed by atoms with Gasteiger partial charge in [0.25, 0.3) is 5.91 Å². The van der Waals surface area contributed by atoms with Gasteiger partial charge in [-0.15, -0.1) is 0 Å². The number of hydrogen-bond acceptors (Lipinski definition) is 4. The molecule has 1 saturated heterocycles. The molecule has 0 aromatic heterocycles. The Kier molecular flexibility index (Phi) is 3.91. The van der Waals surface area contributed by atoms with E-state index in [1.165, 1.54) is 4.90 Å². The minimum Gasteiger partial charge on any atom is -0.428 e. The Hall–Kier alpha value is -2.09. The summed E-state index contributed by atoms with van der Waals surface area (Å²) in [5, 5.41) is 0. The van der Waals surface area contributed by atoms with E-state index in [4.69, 9.17) is 5.73 Å². The van der Waals surface area contributed by atoms with E-state index in [1.54, 1.807) is 30.3 Å². The second-order valence-electron chi connectivity index (χ2n) is 4.67. The molecule has 1 atom stereocenters. The fourth-order valence-electron chi connectivity index (χ4n) is 2.11. The molecule has 2 rings (SSSR count). The largest absolute Gasteiger partial charge is 0.491 e. The number of ether oxygens (including phenoxy) is 1. The van der Waals surface area contributed by atoms with E-state index < -0.39 is 23.8 Å². The predicted octanol–water partition coefficient (Wildman–Crippen LogP) is 1.57. The molecule has 1 heterocycles. The first-order valence-corrected chi connectivity index (χ1v) is 6.20. The van der Waals surface area contributed by atoms with Gasteiger partial charge in [-0.1, -0.05) is 18.2 Å². The van der Waals surface area contributed by atoms with Crippen molar-refractivity contribution in [3.8, 4) is 0 Å². The van der Waals surface area contributed by atoms with Gasteiger partial charge < -0.3 is 9.64 Å². The van der Waals surface area contributed by atoms with Crippen LogP contribution < -0.4 is 10.6 Å². The van der Waals surface area contributed by atoms with Crippen LogP contribution in [0.4, 0.5) is 18.9 Å². The van der Waals surface area contributed by atoms with Crippen molar-refractivity contribution in [1.82, 2.24) is 0 Å². The Morgan fingerprint density at radius 3 is 2.48 bits per heavy atom. The summed E-state index contributed by atoms with van der Waals surface area (Å²) >= 11 is 0. The summed E-state index contributed by atoms with van der Waals surface area (Å²) < 4.78 is 41.0. The van der Waals surface area contributed by atoms with Gasteiger partial charge in [-0.3, -0.25) is 10.5 Å². The molecular formula is C13H13F3N2O3. The molecule has 0 spiro atoms. The van der Waals surface area contributed by atoms with Gasteiger partial charge in [0.05, 0.1) is 0 Å². The SMILES string of the molecule is NC1(OC(=O)C(F)(F)F)CCCN(c2ccccc2)C1=O. The second kappa shape index (κ2) is 5.36. The minimum atomic E-state index is -5.19. The van der Waals surface area contributed by atoms with Gasteiger partial charge in [-0.25, -0.2) is 4.79 Å². The Morgan fingerprint density at radius 1 is 1.29 bits per heavy atom. The van der Waals surface area contributed by atoms with Gasteiger partial charge >= 0.3 is 12.1 Å². The molecule has 114 valence electrons. The van der Waals surface area contributed by atoms with Crippen LogP contribution in [-0.2, 0) is 14.3 Å². The number of carbonyl (C=O) groups is 2. The molecule has 0 bridgehead atoms. The normalized spacial score (nSPS) is 23.0. The fraction of sp³-hybridized carbons (Fsp3) is 0.385. The fourth-order valence-corrected chi connectivity index (χ4v) is 2.11. The molecule has 1 unspecified atom stereocenters. The van der Waals surface area contributed by atoms with Crippen molar-refractivity contribution in [1.29, 1.82) is 0 Å². The van der Waals surface area contributed by atoms with E-state index in [0.29, 0.717) is 18.7 Å². The first-order chi connectivity index (χ1) is 9.74. The Labute approximate surface area is 118 Å². The molecular weight excluding hydrogens is 289 g/mol. The summed E-state index contributed by atoms with van der Waals surface area (Å²) in [7, 11) is 0. The highest BCUT2D eigenvalue weighted by atomic mass is 19.4. The number of halogens is 3. The molecule has 1 fully saturated rings. The quantitative estimate of drug-likeness (QED) is 0.665. The zero-order chi connectivity index (χ0) is 15.7. The van der Waals surface area contributed by atoms with Crippen LogP contribution >= 0.6 is 0 Å². The van der Waals surface area contributed by atoms with Crippen molar-refractivity contribution in [3.63, 3.8) is 0 Å². The number of alkyl halides is 3. The van der Waals surface area contributed by atoms with Crippen molar-refractivity contribution in [2.24, 2.45) is 5.73 Å². The lowest BCUT2D eigenvalue weighted by Gasteiger charge is -2.38. The third kappa shape index (κ3) is 3.15. The maximum atomic E-state index is 12.3. The number of anilines is 1. The molecule has 2 N–H and O–H groups in total. The molecule has 5 nitrogen and oxygen atoms in total. The van der Waals surface area contributed by atoms with Crippen molar-refractivity contribution in [2.75, 3.05) is 11.4 Å². The standard InChI is InChI=1S/C13H13F3N2O3/c14-13(15,16)11(20)21-12(17)7-4-8-18(10(12)19)9-5-2-1-3-6-9/h1-3,5-6H,4,7-8,17H2. The van der Waals surface area contributed by atoms with Crippen LogP contribution in [0.2, 0.25) is 0 Å². The molecule has 1 aromatic rings. The van der Waals surface area contributed by atoms with E-state index in [1.807, 2.05) is 0 Å². The highest BCUT2D eigenvalue weighted by Gasteiger charge is 2.50. The van der Waals surface area contributed by atoms with E-state index in [0.717, 1.165) is 0 Å². The maximum Gasteiger partial charge on any atom is 0.491 e. The lowest BCUT2D eigenvalue weighted by Crippen LogP contribution is -2.62. The molecule has 1 aliphatic rings. The first kappa shape index (κ1) is 15.3. The number of piperidine rings is 1. The summed E-state index contributed by atoms with van der Waals surface area (Å²) in [5.41, 5.74) is 3.79. The van der Waals surface area contributed by atoms with Crippen LogP contribution in [0.1, 0.15) is 12.8 Å². The van der Waals surface area contributed by atoms with Crippen molar-refractivity contribution < 1.29 is 27.5 Å². The molecule has 0 saturated carbocycles. The first-order valence-electron chi connectivity index (χ1n) is 6.20. The van der Waals surface area contributed by atoms with Gasteiger partial charge in [0.1, 0.15) is 0 Å². The smallest absolute Gasteiger partial charge is 0.428 e. The van der Waals surface area contributed by atoms with Gasteiger partial charge in [0, 0.05) is 18.7 Å². The summed E-state index contributed by atoms with van der Waals surface area (Å²) in [6.07, 6.45) is -5.03. The van der Waals surface area contributed by atoms with Crippen molar-refractivity contribution >= 4 is 17.6 Å². The van der Waals surface area contributed by atoms with Gasteiger partial charge in [-0.2, -0.15) is 13.2 Å². The van der Waals surface area contributed by atoms with Crippen LogP contribution in [0.15, 0.2) is 30.3 Å². The Balaban J connectivity index is 2.21. The summed E-state index contributed by atoms with van der Waals surface area (Å²) in [6.45, 7) is 0.297. The molecule has 0 radical (unpaired) electrons. The van der Waals surface area contributed by atoms with E-state index in [9.17, 15) is 22.8 Å². The number of carbonyl (C=O) groups excluding carboxylic acids is 2. The van der Waals surface area contributed by atoms with Crippen molar-refractivity contribution in [3.05, 3.63) is 30.3 Å². The monoisotopic (exact) mass is 302 g/mol. The molecule has 0 aliphatic carbocycles. The molecule has 1 aromatic carbocycles. The molecule has 1 aliphatic heterocycles. The number of nitrogens with two attached hydrogens (primary N) is 1. The Morgan fingerprint density at radius 2 is 1.90 bits per heavy atom. The van der Waals surface area contributed by atoms with Gasteiger partial charge in [0.2, 0.25) is 5.72 Å². The third-order valence-electron chi connectivity index (χ3n) is 3.11.